The number of thiazole rings is 1. The van der Waals surface area contributed by atoms with E-state index >= 15 is 0 Å². The highest BCUT2D eigenvalue weighted by atomic mass is 32.1. The maximum absolute atomic E-state index is 4.96. The van der Waals surface area contributed by atoms with E-state index in [0.29, 0.717) is 5.92 Å². The lowest BCUT2D eigenvalue weighted by molar-refractivity contribution is 0.400. The lowest BCUT2D eigenvalue weighted by Gasteiger charge is -2.20. The molecule has 1 rings (SSSR count). The summed E-state index contributed by atoms with van der Waals surface area (Å²) in [5.41, 5.74) is 1.29. The highest BCUT2D eigenvalue weighted by Gasteiger charge is 2.18. The van der Waals surface area contributed by atoms with Crippen molar-refractivity contribution >= 4 is 16.5 Å². The van der Waals surface area contributed by atoms with Crippen molar-refractivity contribution in [3.8, 4) is 0 Å². The van der Waals surface area contributed by atoms with Crippen LogP contribution in [-0.4, -0.2) is 50.7 Å². The SMILES string of the molecule is CCC(C)c1nc(N(CC)CCCN(C)C)sc1CNC. The van der Waals surface area contributed by atoms with Gasteiger partial charge in [0.1, 0.15) is 0 Å². The Labute approximate surface area is 134 Å². The quantitative estimate of drug-likeness (QED) is 0.719. The van der Waals surface area contributed by atoms with Gasteiger partial charge in [0.25, 0.3) is 0 Å². The molecule has 0 radical (unpaired) electrons. The second-order valence-corrected chi connectivity index (χ2v) is 6.94. The molecule has 1 aromatic heterocycles. The van der Waals surface area contributed by atoms with Gasteiger partial charge in [-0.1, -0.05) is 13.8 Å². The van der Waals surface area contributed by atoms with Gasteiger partial charge in [-0.3, -0.25) is 0 Å². The van der Waals surface area contributed by atoms with Crippen LogP contribution in [-0.2, 0) is 6.54 Å². The van der Waals surface area contributed by atoms with Crippen molar-refractivity contribution in [3.05, 3.63) is 10.6 Å². The maximum Gasteiger partial charge on any atom is 0.185 e. The standard InChI is InChI=1S/C16H32N4S/c1-7-13(3)15-14(12-17-4)21-16(18-15)20(8-2)11-9-10-19(5)6/h13,17H,7-12H2,1-6H3. The molecule has 122 valence electrons. The summed E-state index contributed by atoms with van der Waals surface area (Å²) >= 11 is 1.86. The van der Waals surface area contributed by atoms with Crippen molar-refractivity contribution < 1.29 is 0 Å². The molecule has 1 unspecified atom stereocenters. The van der Waals surface area contributed by atoms with Gasteiger partial charge in [-0.2, -0.15) is 0 Å². The van der Waals surface area contributed by atoms with Crippen molar-refractivity contribution in [3.63, 3.8) is 0 Å². The topological polar surface area (TPSA) is 31.4 Å². The molecular formula is C16H32N4S. The number of anilines is 1. The minimum atomic E-state index is 0.541. The van der Waals surface area contributed by atoms with E-state index in [-0.39, 0.29) is 0 Å². The minimum absolute atomic E-state index is 0.541. The average Bonchev–Trinajstić information content (AvgIpc) is 2.86. The number of rotatable bonds is 10. The van der Waals surface area contributed by atoms with Gasteiger partial charge in [-0.25, -0.2) is 4.98 Å². The van der Waals surface area contributed by atoms with E-state index in [1.54, 1.807) is 0 Å². The maximum atomic E-state index is 4.96. The molecule has 0 amide bonds. The van der Waals surface area contributed by atoms with Gasteiger partial charge in [-0.15, -0.1) is 11.3 Å². The molecule has 0 aliphatic carbocycles. The molecule has 0 aliphatic heterocycles. The molecule has 21 heavy (non-hydrogen) atoms. The second kappa shape index (κ2) is 9.38. The molecule has 4 nitrogen and oxygen atoms in total. The zero-order valence-corrected chi connectivity index (χ0v) is 15.4. The Bertz CT molecular complexity index is 403. The zero-order valence-electron chi connectivity index (χ0n) is 14.6. The summed E-state index contributed by atoms with van der Waals surface area (Å²) in [6.07, 6.45) is 2.33. The Hall–Kier alpha value is -0.650. The lowest BCUT2D eigenvalue weighted by Crippen LogP contribution is -2.26. The van der Waals surface area contributed by atoms with Gasteiger partial charge in [0.15, 0.2) is 5.13 Å². The number of hydrogen-bond acceptors (Lipinski definition) is 5. The summed E-state index contributed by atoms with van der Waals surface area (Å²) in [5, 5.41) is 4.47. The summed E-state index contributed by atoms with van der Waals surface area (Å²) in [6, 6.07) is 0. The molecule has 0 aliphatic rings. The van der Waals surface area contributed by atoms with Crippen LogP contribution in [0.25, 0.3) is 0 Å². The van der Waals surface area contributed by atoms with Gasteiger partial charge in [-0.05, 0) is 53.4 Å². The molecule has 0 saturated heterocycles. The fourth-order valence-electron chi connectivity index (χ4n) is 2.32. The van der Waals surface area contributed by atoms with E-state index in [4.69, 9.17) is 4.98 Å². The Morgan fingerprint density at radius 2 is 1.95 bits per heavy atom. The monoisotopic (exact) mass is 312 g/mol. The van der Waals surface area contributed by atoms with Crippen molar-refractivity contribution in [1.82, 2.24) is 15.2 Å². The van der Waals surface area contributed by atoms with Gasteiger partial charge in [0.05, 0.1) is 5.69 Å². The van der Waals surface area contributed by atoms with Gasteiger partial charge >= 0.3 is 0 Å². The molecule has 0 aromatic carbocycles. The predicted molar refractivity (Wildman–Crippen MR) is 94.6 cm³/mol. The van der Waals surface area contributed by atoms with Gasteiger partial charge < -0.3 is 15.1 Å². The normalized spacial score (nSPS) is 12.9. The number of nitrogens with zero attached hydrogens (tertiary/aromatic N) is 3. The average molecular weight is 313 g/mol. The van der Waals surface area contributed by atoms with E-state index in [0.717, 1.165) is 32.6 Å². The van der Waals surface area contributed by atoms with E-state index in [1.165, 1.54) is 22.1 Å². The molecule has 0 bridgehead atoms. The lowest BCUT2D eigenvalue weighted by atomic mass is 10.0. The third kappa shape index (κ3) is 5.57. The Kier molecular flexibility index (Phi) is 8.22. The molecule has 0 saturated carbocycles. The number of aromatic nitrogens is 1. The fourth-order valence-corrected chi connectivity index (χ4v) is 3.60. The Morgan fingerprint density at radius 3 is 2.48 bits per heavy atom. The van der Waals surface area contributed by atoms with Crippen LogP contribution in [0, 0.1) is 0 Å². The van der Waals surface area contributed by atoms with Crippen LogP contribution in [0.15, 0.2) is 0 Å². The van der Waals surface area contributed by atoms with Crippen molar-refractivity contribution in [2.24, 2.45) is 0 Å². The number of hydrogen-bond donors (Lipinski definition) is 1. The third-order valence-corrected chi connectivity index (χ3v) is 4.95. The molecule has 5 heteroatoms. The third-order valence-electron chi connectivity index (χ3n) is 3.82. The minimum Gasteiger partial charge on any atom is -0.348 e. The molecule has 1 aromatic rings. The van der Waals surface area contributed by atoms with Crippen LogP contribution in [0.3, 0.4) is 0 Å². The molecule has 0 spiro atoms. The van der Waals surface area contributed by atoms with Crippen molar-refractivity contribution in [2.75, 3.05) is 45.7 Å². The van der Waals surface area contributed by atoms with E-state index < -0.39 is 0 Å². The molecule has 1 heterocycles. The first-order valence-electron chi connectivity index (χ1n) is 8.07. The first-order chi connectivity index (χ1) is 10.0. The first kappa shape index (κ1) is 18.4. The predicted octanol–water partition coefficient (Wildman–Crippen LogP) is 3.15. The first-order valence-corrected chi connectivity index (χ1v) is 8.88. The van der Waals surface area contributed by atoms with Crippen molar-refractivity contribution in [1.29, 1.82) is 0 Å². The van der Waals surface area contributed by atoms with E-state index in [9.17, 15) is 0 Å². The second-order valence-electron chi connectivity index (χ2n) is 5.88. The number of nitrogens with one attached hydrogen (secondary N) is 1. The zero-order chi connectivity index (χ0) is 15.8. The smallest absolute Gasteiger partial charge is 0.185 e. The molecular weight excluding hydrogens is 280 g/mol. The van der Waals surface area contributed by atoms with Crippen LogP contribution in [0.1, 0.15) is 50.1 Å². The summed E-state index contributed by atoms with van der Waals surface area (Å²) < 4.78 is 0. The molecule has 1 atom stereocenters. The van der Waals surface area contributed by atoms with Gasteiger partial charge in [0, 0.05) is 24.5 Å². The van der Waals surface area contributed by atoms with Crippen LogP contribution in [0.5, 0.6) is 0 Å². The Balaban J connectivity index is 2.83. The van der Waals surface area contributed by atoms with Gasteiger partial charge in [0.2, 0.25) is 0 Å². The van der Waals surface area contributed by atoms with Crippen LogP contribution >= 0.6 is 11.3 Å². The van der Waals surface area contributed by atoms with Crippen LogP contribution < -0.4 is 10.2 Å². The van der Waals surface area contributed by atoms with E-state index in [1.807, 2.05) is 18.4 Å². The summed E-state index contributed by atoms with van der Waals surface area (Å²) in [5.74, 6) is 0.541. The van der Waals surface area contributed by atoms with Crippen LogP contribution in [0.4, 0.5) is 5.13 Å². The Morgan fingerprint density at radius 1 is 1.24 bits per heavy atom. The fraction of sp³-hybridized carbons (Fsp3) is 0.812. The summed E-state index contributed by atoms with van der Waals surface area (Å²) in [6.45, 7) is 10.9. The summed E-state index contributed by atoms with van der Waals surface area (Å²) in [4.78, 5) is 11.0. The van der Waals surface area contributed by atoms with Crippen molar-refractivity contribution in [2.45, 2.75) is 46.1 Å². The van der Waals surface area contributed by atoms with E-state index in [2.05, 4.69) is 50.0 Å². The van der Waals surface area contributed by atoms with Crippen LogP contribution in [0.2, 0.25) is 0 Å². The summed E-state index contributed by atoms with van der Waals surface area (Å²) in [7, 11) is 6.27. The highest BCUT2D eigenvalue weighted by Crippen LogP contribution is 2.32. The largest absolute Gasteiger partial charge is 0.348 e. The molecule has 0 fully saturated rings. The highest BCUT2D eigenvalue weighted by molar-refractivity contribution is 7.15. The molecule has 1 N–H and O–H groups in total.